The predicted molar refractivity (Wildman–Crippen MR) is 87.4 cm³/mol. The first-order valence-corrected chi connectivity index (χ1v) is 7.32. The molecule has 1 amide bonds. The highest BCUT2D eigenvalue weighted by molar-refractivity contribution is 7.80. The van der Waals surface area contributed by atoms with Crippen LogP contribution in [-0.2, 0) is 12.8 Å². The third-order valence-corrected chi connectivity index (χ3v) is 4.05. The minimum atomic E-state index is -0.0534. The highest BCUT2D eigenvalue weighted by Crippen LogP contribution is 2.21. The fraction of sp³-hybridized carbons (Fsp3) is 0.176. The van der Waals surface area contributed by atoms with Crippen molar-refractivity contribution in [2.45, 2.75) is 18.9 Å². The number of hydrogen-bond donors (Lipinski definition) is 2. The first kappa shape index (κ1) is 13.8. The second kappa shape index (κ2) is 5.66. The topological polar surface area (TPSA) is 55.1 Å². The van der Waals surface area contributed by atoms with Gasteiger partial charge in [0.05, 0.1) is 0 Å². The van der Waals surface area contributed by atoms with E-state index in [4.69, 9.17) is 18.0 Å². The van der Waals surface area contributed by atoms with Crippen LogP contribution < -0.4 is 11.1 Å². The Hall–Kier alpha value is -2.20. The Morgan fingerprint density at radius 2 is 1.52 bits per heavy atom. The number of fused-ring (bicyclic) bond motifs is 1. The molecule has 0 unspecified atom stereocenters. The Labute approximate surface area is 129 Å². The molecule has 106 valence electrons. The SMILES string of the molecule is NC(=S)c1ccc(C(=O)NC2Cc3ccccc3C2)cc1. The molecule has 3 N–H and O–H groups in total. The second-order valence-corrected chi connectivity index (χ2v) is 5.73. The van der Waals surface area contributed by atoms with Gasteiger partial charge in [0.1, 0.15) is 4.99 Å². The highest BCUT2D eigenvalue weighted by atomic mass is 32.1. The molecule has 0 fully saturated rings. The number of benzene rings is 2. The van der Waals surface area contributed by atoms with E-state index in [0.717, 1.165) is 18.4 Å². The first-order chi connectivity index (χ1) is 10.1. The summed E-state index contributed by atoms with van der Waals surface area (Å²) in [5.74, 6) is -0.0534. The molecule has 0 spiro atoms. The van der Waals surface area contributed by atoms with Crippen molar-refractivity contribution >= 4 is 23.1 Å². The zero-order valence-corrected chi connectivity index (χ0v) is 12.3. The van der Waals surface area contributed by atoms with Crippen LogP contribution in [0.3, 0.4) is 0 Å². The summed E-state index contributed by atoms with van der Waals surface area (Å²) in [5, 5.41) is 3.09. The van der Waals surface area contributed by atoms with Crippen molar-refractivity contribution in [3.8, 4) is 0 Å². The molecule has 2 aromatic carbocycles. The van der Waals surface area contributed by atoms with Crippen LogP contribution in [-0.4, -0.2) is 16.9 Å². The summed E-state index contributed by atoms with van der Waals surface area (Å²) < 4.78 is 0. The molecule has 0 radical (unpaired) electrons. The molecule has 21 heavy (non-hydrogen) atoms. The van der Waals surface area contributed by atoms with Crippen LogP contribution in [0.15, 0.2) is 48.5 Å². The third kappa shape index (κ3) is 2.95. The number of nitrogens with one attached hydrogen (secondary N) is 1. The summed E-state index contributed by atoms with van der Waals surface area (Å²) >= 11 is 4.90. The predicted octanol–water partition coefficient (Wildman–Crippen LogP) is 2.22. The van der Waals surface area contributed by atoms with E-state index in [-0.39, 0.29) is 11.9 Å². The molecule has 3 rings (SSSR count). The van der Waals surface area contributed by atoms with E-state index in [0.29, 0.717) is 10.6 Å². The van der Waals surface area contributed by atoms with Crippen LogP contribution in [0.25, 0.3) is 0 Å². The van der Waals surface area contributed by atoms with Gasteiger partial charge in [0.2, 0.25) is 0 Å². The summed E-state index contributed by atoms with van der Waals surface area (Å²) in [6.45, 7) is 0. The van der Waals surface area contributed by atoms with Crippen LogP contribution in [0.2, 0.25) is 0 Å². The van der Waals surface area contributed by atoms with Gasteiger partial charge in [0, 0.05) is 17.2 Å². The number of carbonyl (C=O) groups excluding carboxylic acids is 1. The molecular formula is C17H16N2OS. The molecule has 4 heteroatoms. The van der Waals surface area contributed by atoms with Gasteiger partial charge in [-0.25, -0.2) is 0 Å². The number of carbonyl (C=O) groups is 1. The van der Waals surface area contributed by atoms with Gasteiger partial charge in [-0.05, 0) is 36.1 Å². The van der Waals surface area contributed by atoms with Gasteiger partial charge in [0.25, 0.3) is 5.91 Å². The molecule has 0 aliphatic heterocycles. The van der Waals surface area contributed by atoms with Crippen LogP contribution in [0.5, 0.6) is 0 Å². The first-order valence-electron chi connectivity index (χ1n) is 6.91. The van der Waals surface area contributed by atoms with Gasteiger partial charge in [0.15, 0.2) is 0 Å². The van der Waals surface area contributed by atoms with Crippen molar-refractivity contribution in [2.75, 3.05) is 0 Å². The fourth-order valence-corrected chi connectivity index (χ4v) is 2.85. The highest BCUT2D eigenvalue weighted by Gasteiger charge is 2.22. The van der Waals surface area contributed by atoms with E-state index >= 15 is 0 Å². The number of rotatable bonds is 3. The van der Waals surface area contributed by atoms with Gasteiger partial charge < -0.3 is 11.1 Å². The van der Waals surface area contributed by atoms with Crippen molar-refractivity contribution in [1.82, 2.24) is 5.32 Å². The van der Waals surface area contributed by atoms with E-state index in [1.54, 1.807) is 24.3 Å². The number of nitrogens with two attached hydrogens (primary N) is 1. The van der Waals surface area contributed by atoms with E-state index in [1.807, 2.05) is 12.1 Å². The minimum absolute atomic E-state index is 0.0534. The summed E-state index contributed by atoms with van der Waals surface area (Å²) in [5.41, 5.74) is 9.61. The molecule has 0 aromatic heterocycles. The largest absolute Gasteiger partial charge is 0.389 e. The maximum absolute atomic E-state index is 12.3. The third-order valence-electron chi connectivity index (χ3n) is 3.82. The lowest BCUT2D eigenvalue weighted by molar-refractivity contribution is 0.0938. The molecule has 0 bridgehead atoms. The Morgan fingerprint density at radius 1 is 1.00 bits per heavy atom. The minimum Gasteiger partial charge on any atom is -0.389 e. The zero-order valence-electron chi connectivity index (χ0n) is 11.5. The van der Waals surface area contributed by atoms with E-state index in [2.05, 4.69) is 17.4 Å². The summed E-state index contributed by atoms with van der Waals surface area (Å²) in [4.78, 5) is 12.6. The molecule has 0 saturated carbocycles. The van der Waals surface area contributed by atoms with Crippen molar-refractivity contribution in [3.05, 3.63) is 70.8 Å². The number of amides is 1. The van der Waals surface area contributed by atoms with Gasteiger partial charge >= 0.3 is 0 Å². The molecule has 2 aromatic rings. The Kier molecular flexibility index (Phi) is 3.71. The lowest BCUT2D eigenvalue weighted by Crippen LogP contribution is -2.35. The zero-order chi connectivity index (χ0) is 14.8. The Bertz CT molecular complexity index is 669. The van der Waals surface area contributed by atoms with E-state index in [9.17, 15) is 4.79 Å². The molecule has 0 heterocycles. The second-order valence-electron chi connectivity index (χ2n) is 5.29. The maximum Gasteiger partial charge on any atom is 0.251 e. The van der Waals surface area contributed by atoms with Crippen LogP contribution in [0.1, 0.15) is 27.0 Å². The summed E-state index contributed by atoms with van der Waals surface area (Å²) in [7, 11) is 0. The molecule has 0 atom stereocenters. The summed E-state index contributed by atoms with van der Waals surface area (Å²) in [6, 6.07) is 15.6. The van der Waals surface area contributed by atoms with Crippen molar-refractivity contribution < 1.29 is 4.79 Å². The van der Waals surface area contributed by atoms with Crippen molar-refractivity contribution in [1.29, 1.82) is 0 Å². The van der Waals surface area contributed by atoms with Gasteiger partial charge in [-0.15, -0.1) is 0 Å². The molecule has 1 aliphatic carbocycles. The fourth-order valence-electron chi connectivity index (χ4n) is 2.72. The van der Waals surface area contributed by atoms with Crippen molar-refractivity contribution in [3.63, 3.8) is 0 Å². The van der Waals surface area contributed by atoms with Gasteiger partial charge in [-0.2, -0.15) is 0 Å². The quantitative estimate of drug-likeness (QED) is 0.854. The molecular weight excluding hydrogens is 280 g/mol. The lowest BCUT2D eigenvalue weighted by Gasteiger charge is -2.12. The average Bonchev–Trinajstić information content (AvgIpc) is 2.89. The van der Waals surface area contributed by atoms with Crippen molar-refractivity contribution in [2.24, 2.45) is 5.73 Å². The molecule has 0 saturated heterocycles. The number of thiocarbonyl (C=S) groups is 1. The average molecular weight is 296 g/mol. The maximum atomic E-state index is 12.3. The molecule has 1 aliphatic rings. The standard InChI is InChI=1S/C17H16N2OS/c18-16(21)11-5-7-12(8-6-11)17(20)19-15-9-13-3-1-2-4-14(13)10-15/h1-8,15H,9-10H2,(H2,18,21)(H,19,20). The normalized spacial score (nSPS) is 13.7. The monoisotopic (exact) mass is 296 g/mol. The van der Waals surface area contributed by atoms with Crippen LogP contribution >= 0.6 is 12.2 Å². The lowest BCUT2D eigenvalue weighted by atomic mass is 10.1. The summed E-state index contributed by atoms with van der Waals surface area (Å²) in [6.07, 6.45) is 1.79. The van der Waals surface area contributed by atoms with Crippen LogP contribution in [0.4, 0.5) is 0 Å². The number of hydrogen-bond acceptors (Lipinski definition) is 2. The van der Waals surface area contributed by atoms with Gasteiger partial charge in [-0.3, -0.25) is 4.79 Å². The Balaban J connectivity index is 1.66. The van der Waals surface area contributed by atoms with E-state index < -0.39 is 0 Å². The Morgan fingerprint density at radius 3 is 2.05 bits per heavy atom. The van der Waals surface area contributed by atoms with Gasteiger partial charge in [-0.1, -0.05) is 48.6 Å². The van der Waals surface area contributed by atoms with Crippen LogP contribution in [0, 0.1) is 0 Å². The smallest absolute Gasteiger partial charge is 0.251 e. The van der Waals surface area contributed by atoms with E-state index in [1.165, 1.54) is 11.1 Å². The molecule has 3 nitrogen and oxygen atoms in total.